The molecule has 0 saturated heterocycles. The zero-order valence-electron chi connectivity index (χ0n) is 10.6. The minimum absolute atomic E-state index is 0.131. The van der Waals surface area contributed by atoms with Crippen LogP contribution in [-0.4, -0.2) is 21.2 Å². The number of hydrogen-bond donors (Lipinski definition) is 2. The molecule has 1 heterocycles. The van der Waals surface area contributed by atoms with Gasteiger partial charge < -0.3 is 15.4 Å². The number of hydrogen-bond acceptors (Lipinski definition) is 5. The van der Waals surface area contributed by atoms with Gasteiger partial charge in [0.15, 0.2) is 0 Å². The summed E-state index contributed by atoms with van der Waals surface area (Å²) in [5.41, 5.74) is 5.23. The summed E-state index contributed by atoms with van der Waals surface area (Å²) in [6, 6.07) is 6.98. The van der Waals surface area contributed by atoms with E-state index in [4.69, 9.17) is 10.3 Å². The van der Waals surface area contributed by atoms with Gasteiger partial charge in [-0.1, -0.05) is 23.4 Å². The number of benzene rings is 1. The monoisotopic (exact) mass is 260 g/mol. The van der Waals surface area contributed by atoms with E-state index in [1.54, 1.807) is 38.1 Å². The van der Waals surface area contributed by atoms with Crippen LogP contribution >= 0.6 is 0 Å². The molecule has 3 N–H and O–H groups in total. The molecule has 0 atom stereocenters. The molecule has 0 aliphatic carbocycles. The Morgan fingerprint density at radius 3 is 2.79 bits per heavy atom. The van der Waals surface area contributed by atoms with Crippen molar-refractivity contribution >= 4 is 5.91 Å². The number of carbonyl (C=O) groups excluding carboxylic acids is 1. The first-order chi connectivity index (χ1) is 8.86. The smallest absolute Gasteiger partial charge is 0.258 e. The lowest BCUT2D eigenvalue weighted by molar-refractivity contribution is -0.114. The Kier molecular flexibility index (Phi) is 3.35. The number of nitrogens with two attached hydrogens (primary N) is 1. The maximum atomic E-state index is 10.8. The molecule has 0 unspecified atom stereocenters. The van der Waals surface area contributed by atoms with Crippen LogP contribution < -0.4 is 5.73 Å². The first-order valence-corrected chi connectivity index (χ1v) is 5.67. The molecule has 1 radical (unpaired) electrons. The van der Waals surface area contributed by atoms with Gasteiger partial charge in [0.1, 0.15) is 5.60 Å². The Balaban J connectivity index is 2.31. The number of amides is 1. The van der Waals surface area contributed by atoms with Crippen molar-refractivity contribution in [3.8, 4) is 11.4 Å². The van der Waals surface area contributed by atoms with Crippen LogP contribution in [0.25, 0.3) is 11.4 Å². The molecule has 99 valence electrons. The normalized spacial score (nSPS) is 11.5. The third-order valence-corrected chi connectivity index (χ3v) is 2.40. The van der Waals surface area contributed by atoms with Crippen LogP contribution in [-0.2, 0) is 10.4 Å². The van der Waals surface area contributed by atoms with Crippen molar-refractivity contribution in [3.63, 3.8) is 0 Å². The summed E-state index contributed by atoms with van der Waals surface area (Å²) in [6.07, 6.45) is 1.31. The number of nitrogens with zero attached hydrogens (tertiary/aromatic N) is 2. The molecule has 2 aromatic rings. The van der Waals surface area contributed by atoms with Crippen LogP contribution in [0.1, 0.15) is 25.3 Å². The van der Waals surface area contributed by atoms with Gasteiger partial charge in [-0.3, -0.25) is 4.79 Å². The fourth-order valence-corrected chi connectivity index (χ4v) is 1.52. The Morgan fingerprint density at radius 1 is 1.47 bits per heavy atom. The van der Waals surface area contributed by atoms with Gasteiger partial charge in [-0.25, -0.2) is 0 Å². The van der Waals surface area contributed by atoms with E-state index in [9.17, 15) is 9.90 Å². The second kappa shape index (κ2) is 4.81. The molecule has 0 saturated carbocycles. The Morgan fingerprint density at radius 2 is 2.21 bits per heavy atom. The predicted molar refractivity (Wildman–Crippen MR) is 67.6 cm³/mol. The second-order valence-corrected chi connectivity index (χ2v) is 4.65. The third-order valence-electron chi connectivity index (χ3n) is 2.40. The number of rotatable bonds is 4. The summed E-state index contributed by atoms with van der Waals surface area (Å²) < 4.78 is 4.99. The van der Waals surface area contributed by atoms with Gasteiger partial charge in [0, 0.05) is 5.56 Å². The SMILES string of the molecule is CC(C)(O)c1nc(-c2cccc([CH]C(N)=O)c2)no1. The van der Waals surface area contributed by atoms with Crippen molar-refractivity contribution < 1.29 is 14.4 Å². The van der Waals surface area contributed by atoms with E-state index in [-0.39, 0.29) is 5.89 Å². The molecule has 0 fully saturated rings. The molecule has 6 nitrogen and oxygen atoms in total. The van der Waals surface area contributed by atoms with Crippen LogP contribution in [0, 0.1) is 6.42 Å². The highest BCUT2D eigenvalue weighted by Crippen LogP contribution is 2.22. The average molecular weight is 260 g/mol. The van der Waals surface area contributed by atoms with E-state index >= 15 is 0 Å². The summed E-state index contributed by atoms with van der Waals surface area (Å²) in [4.78, 5) is 15.0. The first kappa shape index (κ1) is 13.2. The third kappa shape index (κ3) is 3.17. The molecule has 0 aliphatic heterocycles. The molecule has 1 aromatic carbocycles. The minimum atomic E-state index is -1.19. The summed E-state index contributed by atoms with van der Waals surface area (Å²) >= 11 is 0. The maximum Gasteiger partial charge on any atom is 0.258 e. The minimum Gasteiger partial charge on any atom is -0.381 e. The number of carbonyl (C=O) groups is 1. The molecular formula is C13H14N3O3. The van der Waals surface area contributed by atoms with Gasteiger partial charge >= 0.3 is 0 Å². The van der Waals surface area contributed by atoms with E-state index in [0.717, 1.165) is 0 Å². The van der Waals surface area contributed by atoms with Gasteiger partial charge in [0.05, 0.1) is 6.42 Å². The fourth-order valence-electron chi connectivity index (χ4n) is 1.52. The summed E-state index contributed by atoms with van der Waals surface area (Å²) in [5.74, 6) is -0.0499. The van der Waals surface area contributed by atoms with Crippen molar-refractivity contribution in [2.24, 2.45) is 5.73 Å². The molecular weight excluding hydrogens is 246 g/mol. The van der Waals surface area contributed by atoms with Crippen molar-refractivity contribution in [1.29, 1.82) is 0 Å². The lowest BCUT2D eigenvalue weighted by atomic mass is 10.1. The molecule has 1 amide bonds. The lowest BCUT2D eigenvalue weighted by Crippen LogP contribution is -2.15. The predicted octanol–water partition coefficient (Wildman–Crippen LogP) is 1.00. The summed E-state index contributed by atoms with van der Waals surface area (Å²) in [5, 5.41) is 13.6. The first-order valence-electron chi connectivity index (χ1n) is 5.67. The molecule has 1 aromatic heterocycles. The van der Waals surface area contributed by atoms with Crippen molar-refractivity contribution in [3.05, 3.63) is 42.1 Å². The van der Waals surface area contributed by atoms with Crippen molar-refractivity contribution in [2.45, 2.75) is 19.4 Å². The molecule has 6 heteroatoms. The molecule has 19 heavy (non-hydrogen) atoms. The lowest BCUT2D eigenvalue weighted by Gasteiger charge is -2.09. The Labute approximate surface area is 110 Å². The zero-order chi connectivity index (χ0) is 14.0. The quantitative estimate of drug-likeness (QED) is 0.853. The second-order valence-electron chi connectivity index (χ2n) is 4.65. The molecule has 0 aliphatic rings. The van der Waals surface area contributed by atoms with Crippen LogP contribution in [0.4, 0.5) is 0 Å². The topological polar surface area (TPSA) is 102 Å². The van der Waals surface area contributed by atoms with Gasteiger partial charge in [0.2, 0.25) is 11.7 Å². The molecule has 2 rings (SSSR count). The highest BCUT2D eigenvalue weighted by molar-refractivity contribution is 5.87. The fraction of sp³-hybridized carbons (Fsp3) is 0.231. The van der Waals surface area contributed by atoms with Gasteiger partial charge in [-0.15, -0.1) is 0 Å². The van der Waals surface area contributed by atoms with E-state index in [2.05, 4.69) is 10.1 Å². The summed E-state index contributed by atoms with van der Waals surface area (Å²) in [7, 11) is 0. The number of primary amides is 1. The van der Waals surface area contributed by atoms with Gasteiger partial charge in [0.25, 0.3) is 5.89 Å². The van der Waals surface area contributed by atoms with Gasteiger partial charge in [-0.05, 0) is 25.5 Å². The molecule has 0 spiro atoms. The number of aliphatic hydroxyl groups is 1. The Hall–Kier alpha value is -2.21. The standard InChI is InChI=1S/C13H14N3O3/c1-13(2,18)12-15-11(16-19-12)9-5-3-4-8(6-9)7-10(14)17/h3-7,18H,1-2H3,(H2,14,17). The zero-order valence-corrected chi connectivity index (χ0v) is 10.6. The van der Waals surface area contributed by atoms with Crippen LogP contribution in [0.2, 0.25) is 0 Å². The van der Waals surface area contributed by atoms with Crippen LogP contribution in [0.3, 0.4) is 0 Å². The van der Waals surface area contributed by atoms with Gasteiger partial charge in [-0.2, -0.15) is 4.98 Å². The maximum absolute atomic E-state index is 10.8. The summed E-state index contributed by atoms with van der Waals surface area (Å²) in [6.45, 7) is 3.11. The van der Waals surface area contributed by atoms with Crippen molar-refractivity contribution in [1.82, 2.24) is 10.1 Å². The van der Waals surface area contributed by atoms with Crippen molar-refractivity contribution in [2.75, 3.05) is 0 Å². The Bertz CT molecular complexity index is 599. The van der Waals surface area contributed by atoms with E-state index in [1.165, 1.54) is 6.42 Å². The highest BCUT2D eigenvalue weighted by atomic mass is 16.5. The molecule has 0 bridgehead atoms. The van der Waals surface area contributed by atoms with Crippen LogP contribution in [0.15, 0.2) is 28.8 Å². The van der Waals surface area contributed by atoms with E-state index in [0.29, 0.717) is 17.0 Å². The highest BCUT2D eigenvalue weighted by Gasteiger charge is 2.24. The number of aromatic nitrogens is 2. The van der Waals surface area contributed by atoms with Crippen LogP contribution in [0.5, 0.6) is 0 Å². The van der Waals surface area contributed by atoms with E-state index in [1.807, 2.05) is 0 Å². The largest absolute Gasteiger partial charge is 0.381 e. The van der Waals surface area contributed by atoms with E-state index < -0.39 is 11.5 Å². The average Bonchev–Trinajstić information content (AvgIpc) is 2.77.